The number of aromatic nitrogens is 4. The molecular weight excluding hydrogens is 237 g/mol. The van der Waals surface area contributed by atoms with E-state index in [-0.39, 0.29) is 11.7 Å². The van der Waals surface area contributed by atoms with E-state index in [9.17, 15) is 9.18 Å². The van der Waals surface area contributed by atoms with Gasteiger partial charge in [0.2, 0.25) is 11.7 Å². The number of halogens is 1. The van der Waals surface area contributed by atoms with Crippen molar-refractivity contribution in [2.24, 2.45) is 0 Å². The summed E-state index contributed by atoms with van der Waals surface area (Å²) in [5.41, 5.74) is 0.756. The van der Waals surface area contributed by atoms with E-state index in [4.69, 9.17) is 0 Å². The highest BCUT2D eigenvalue weighted by Gasteiger charge is 2.08. The van der Waals surface area contributed by atoms with Gasteiger partial charge >= 0.3 is 0 Å². The van der Waals surface area contributed by atoms with E-state index in [0.717, 1.165) is 0 Å². The number of amides is 1. The summed E-state index contributed by atoms with van der Waals surface area (Å²) in [5.74, 6) is -0.493. The maximum Gasteiger partial charge on any atom is 0.224 e. The van der Waals surface area contributed by atoms with Crippen molar-refractivity contribution in [2.45, 2.75) is 13.3 Å². The van der Waals surface area contributed by atoms with Gasteiger partial charge in [0.25, 0.3) is 0 Å². The lowest BCUT2D eigenvalue weighted by Crippen LogP contribution is -2.09. The summed E-state index contributed by atoms with van der Waals surface area (Å²) >= 11 is 0. The maximum absolute atomic E-state index is 13.4. The van der Waals surface area contributed by atoms with Crippen LogP contribution >= 0.6 is 0 Å². The smallest absolute Gasteiger partial charge is 0.224 e. The summed E-state index contributed by atoms with van der Waals surface area (Å²) in [6, 6.07) is 4.04. The van der Waals surface area contributed by atoms with E-state index >= 15 is 0 Å². The second kappa shape index (κ2) is 5.26. The van der Waals surface area contributed by atoms with E-state index in [1.807, 2.05) is 0 Å². The van der Waals surface area contributed by atoms with Gasteiger partial charge in [-0.25, -0.2) is 4.39 Å². The van der Waals surface area contributed by atoms with E-state index < -0.39 is 5.82 Å². The molecular formula is C11H10FN5O. The van der Waals surface area contributed by atoms with Crippen molar-refractivity contribution < 1.29 is 9.18 Å². The van der Waals surface area contributed by atoms with Gasteiger partial charge in [0, 0.05) is 17.7 Å². The SMILES string of the molecule is CCC(=O)Nc1cc(F)cc(-c2nncnn2)c1. The summed E-state index contributed by atoms with van der Waals surface area (Å²) < 4.78 is 13.4. The minimum absolute atomic E-state index is 0.197. The van der Waals surface area contributed by atoms with Crippen LogP contribution in [0.2, 0.25) is 0 Å². The van der Waals surface area contributed by atoms with Gasteiger partial charge in [-0.05, 0) is 18.2 Å². The van der Waals surface area contributed by atoms with Gasteiger partial charge in [0.05, 0.1) is 0 Å². The molecule has 92 valence electrons. The average molecular weight is 247 g/mol. The fourth-order valence-corrected chi connectivity index (χ4v) is 1.36. The zero-order valence-electron chi connectivity index (χ0n) is 9.59. The highest BCUT2D eigenvalue weighted by atomic mass is 19.1. The summed E-state index contributed by atoms with van der Waals surface area (Å²) in [4.78, 5) is 11.3. The van der Waals surface area contributed by atoms with Crippen LogP contribution in [0.15, 0.2) is 24.5 Å². The number of hydrogen-bond donors (Lipinski definition) is 1. The van der Waals surface area contributed by atoms with Crippen molar-refractivity contribution in [3.05, 3.63) is 30.3 Å². The van der Waals surface area contributed by atoms with Gasteiger partial charge in [0.15, 0.2) is 6.33 Å². The molecule has 2 rings (SSSR count). The molecule has 0 bridgehead atoms. The van der Waals surface area contributed by atoms with Crippen molar-refractivity contribution in [1.82, 2.24) is 20.4 Å². The summed E-state index contributed by atoms with van der Waals surface area (Å²) in [7, 11) is 0. The number of nitrogens with zero attached hydrogens (tertiary/aromatic N) is 4. The number of hydrogen-bond acceptors (Lipinski definition) is 5. The minimum Gasteiger partial charge on any atom is -0.326 e. The zero-order chi connectivity index (χ0) is 13.0. The Bertz CT molecular complexity index is 561. The first kappa shape index (κ1) is 12.0. The van der Waals surface area contributed by atoms with Crippen LogP contribution in [0.3, 0.4) is 0 Å². The monoisotopic (exact) mass is 247 g/mol. The normalized spacial score (nSPS) is 10.1. The van der Waals surface area contributed by atoms with Crippen LogP contribution in [-0.2, 0) is 4.79 Å². The van der Waals surface area contributed by atoms with Crippen LogP contribution < -0.4 is 5.32 Å². The molecule has 1 heterocycles. The second-order valence-corrected chi connectivity index (χ2v) is 3.50. The Kier molecular flexibility index (Phi) is 3.52. The Hall–Kier alpha value is -2.44. The Morgan fingerprint density at radius 1 is 1.28 bits per heavy atom. The largest absolute Gasteiger partial charge is 0.326 e. The number of nitrogens with one attached hydrogen (secondary N) is 1. The van der Waals surface area contributed by atoms with Gasteiger partial charge in [-0.3, -0.25) is 4.79 Å². The lowest BCUT2D eigenvalue weighted by molar-refractivity contribution is -0.115. The van der Waals surface area contributed by atoms with E-state index in [0.29, 0.717) is 17.7 Å². The van der Waals surface area contributed by atoms with Crippen molar-refractivity contribution >= 4 is 11.6 Å². The first-order valence-corrected chi connectivity index (χ1v) is 5.30. The second-order valence-electron chi connectivity index (χ2n) is 3.50. The number of anilines is 1. The molecule has 1 N–H and O–H groups in total. The molecule has 0 atom stereocenters. The zero-order valence-corrected chi connectivity index (χ0v) is 9.59. The van der Waals surface area contributed by atoms with Crippen molar-refractivity contribution in [1.29, 1.82) is 0 Å². The van der Waals surface area contributed by atoms with Crippen LogP contribution in [0.4, 0.5) is 10.1 Å². The fourth-order valence-electron chi connectivity index (χ4n) is 1.36. The predicted molar refractivity (Wildman–Crippen MR) is 61.9 cm³/mol. The minimum atomic E-state index is -0.494. The third-order valence-electron chi connectivity index (χ3n) is 2.17. The molecule has 0 aliphatic heterocycles. The maximum atomic E-state index is 13.4. The molecule has 0 radical (unpaired) electrons. The predicted octanol–water partition coefficient (Wildman–Crippen LogP) is 1.42. The third kappa shape index (κ3) is 2.82. The van der Waals surface area contributed by atoms with Gasteiger partial charge in [-0.2, -0.15) is 0 Å². The van der Waals surface area contributed by atoms with Crippen LogP contribution in [0.1, 0.15) is 13.3 Å². The molecule has 1 amide bonds. The highest BCUT2D eigenvalue weighted by molar-refractivity contribution is 5.91. The molecule has 0 saturated carbocycles. The van der Waals surface area contributed by atoms with Gasteiger partial charge in [0.1, 0.15) is 5.82 Å². The van der Waals surface area contributed by atoms with Crippen LogP contribution in [-0.4, -0.2) is 26.3 Å². The fraction of sp³-hybridized carbons (Fsp3) is 0.182. The standard InChI is InChI=1S/C11H10FN5O/c1-2-10(18)15-9-4-7(3-8(12)5-9)11-16-13-6-14-17-11/h3-6H,2H2,1H3,(H,15,18). The summed E-state index contributed by atoms with van der Waals surface area (Å²) in [6.45, 7) is 1.71. The summed E-state index contributed by atoms with van der Waals surface area (Å²) in [5, 5.41) is 17.2. The van der Waals surface area contributed by atoms with Crippen LogP contribution in [0.5, 0.6) is 0 Å². The Balaban J connectivity index is 2.35. The molecule has 0 unspecified atom stereocenters. The van der Waals surface area contributed by atoms with Crippen LogP contribution in [0, 0.1) is 5.82 Å². The first-order chi connectivity index (χ1) is 8.69. The van der Waals surface area contributed by atoms with E-state index in [2.05, 4.69) is 25.7 Å². The van der Waals surface area contributed by atoms with Crippen molar-refractivity contribution in [3.8, 4) is 11.4 Å². The number of benzene rings is 1. The van der Waals surface area contributed by atoms with Gasteiger partial charge < -0.3 is 5.32 Å². The quantitative estimate of drug-likeness (QED) is 0.887. The van der Waals surface area contributed by atoms with E-state index in [1.165, 1.54) is 18.5 Å². The van der Waals surface area contributed by atoms with Gasteiger partial charge in [-0.15, -0.1) is 20.4 Å². The number of rotatable bonds is 3. The Morgan fingerprint density at radius 2 is 2.00 bits per heavy atom. The molecule has 1 aromatic carbocycles. The molecule has 0 aliphatic carbocycles. The number of carbonyl (C=O) groups excluding carboxylic acids is 1. The molecule has 2 aromatic rings. The van der Waals surface area contributed by atoms with Gasteiger partial charge in [-0.1, -0.05) is 6.92 Å². The lowest BCUT2D eigenvalue weighted by atomic mass is 10.2. The van der Waals surface area contributed by atoms with Crippen molar-refractivity contribution in [3.63, 3.8) is 0 Å². The molecule has 0 aliphatic rings. The molecule has 0 fully saturated rings. The average Bonchev–Trinajstić information content (AvgIpc) is 2.39. The lowest BCUT2D eigenvalue weighted by Gasteiger charge is -2.05. The molecule has 18 heavy (non-hydrogen) atoms. The Labute approximate surface area is 102 Å². The van der Waals surface area contributed by atoms with Crippen molar-refractivity contribution in [2.75, 3.05) is 5.32 Å². The van der Waals surface area contributed by atoms with E-state index in [1.54, 1.807) is 13.0 Å². The first-order valence-electron chi connectivity index (χ1n) is 5.30. The molecule has 1 aromatic heterocycles. The molecule has 7 heteroatoms. The summed E-state index contributed by atoms with van der Waals surface area (Å²) in [6.07, 6.45) is 1.50. The Morgan fingerprint density at radius 3 is 2.67 bits per heavy atom. The molecule has 0 spiro atoms. The number of carbonyl (C=O) groups is 1. The third-order valence-corrected chi connectivity index (χ3v) is 2.17. The topological polar surface area (TPSA) is 80.7 Å². The molecule has 0 saturated heterocycles. The molecule has 6 nitrogen and oxygen atoms in total. The highest BCUT2D eigenvalue weighted by Crippen LogP contribution is 2.20. The van der Waals surface area contributed by atoms with Crippen LogP contribution in [0.25, 0.3) is 11.4 Å².